The van der Waals surface area contributed by atoms with Gasteiger partial charge in [0.25, 0.3) is 11.8 Å². The third-order valence-corrected chi connectivity index (χ3v) is 5.92. The van der Waals surface area contributed by atoms with Gasteiger partial charge in [-0.05, 0) is 35.7 Å². The molecule has 1 aliphatic heterocycles. The number of hydrogen-bond acceptors (Lipinski definition) is 5. The molecule has 0 aliphatic carbocycles. The minimum atomic E-state index is 0.0509. The Bertz CT molecular complexity index is 862. The van der Waals surface area contributed by atoms with Gasteiger partial charge in [0.05, 0.1) is 17.4 Å². The summed E-state index contributed by atoms with van der Waals surface area (Å²) in [5, 5.41) is 1.91. The van der Waals surface area contributed by atoms with E-state index in [9.17, 15) is 9.59 Å². The number of quaternary nitrogens is 1. The Balaban J connectivity index is 1.33. The van der Waals surface area contributed by atoms with E-state index in [1.165, 1.54) is 11.3 Å². The largest absolute Gasteiger partial charge is 0.463 e. The maximum atomic E-state index is 12.9. The summed E-state index contributed by atoms with van der Waals surface area (Å²) in [6.07, 6.45) is 3.29. The van der Waals surface area contributed by atoms with Crippen molar-refractivity contribution >= 4 is 23.2 Å². The van der Waals surface area contributed by atoms with E-state index in [0.29, 0.717) is 45.8 Å². The number of carbonyl (C=O) groups excluding carboxylic acids is 2. The molecule has 0 aromatic carbocycles. The van der Waals surface area contributed by atoms with E-state index in [4.69, 9.17) is 8.83 Å². The van der Waals surface area contributed by atoms with Crippen molar-refractivity contribution in [2.75, 3.05) is 32.7 Å². The molecule has 152 valence electrons. The second kappa shape index (κ2) is 9.11. The van der Waals surface area contributed by atoms with Crippen LogP contribution in [0.1, 0.15) is 21.2 Å². The highest BCUT2D eigenvalue weighted by molar-refractivity contribution is 7.12. The smallest absolute Gasteiger partial charge is 0.277 e. The van der Waals surface area contributed by atoms with Crippen molar-refractivity contribution in [3.63, 3.8) is 0 Å². The van der Waals surface area contributed by atoms with Gasteiger partial charge in [0, 0.05) is 26.2 Å². The number of thiophene rings is 1. The highest BCUT2D eigenvalue weighted by Crippen LogP contribution is 2.13. The van der Waals surface area contributed by atoms with Crippen molar-refractivity contribution in [3.8, 4) is 0 Å². The highest BCUT2D eigenvalue weighted by atomic mass is 32.1. The van der Waals surface area contributed by atoms with Crippen molar-refractivity contribution < 1.29 is 23.3 Å². The van der Waals surface area contributed by atoms with E-state index in [0.717, 1.165) is 21.3 Å². The number of amides is 2. The van der Waals surface area contributed by atoms with Gasteiger partial charge in [-0.2, -0.15) is 0 Å². The highest BCUT2D eigenvalue weighted by Gasteiger charge is 2.28. The van der Waals surface area contributed by atoms with E-state index < -0.39 is 0 Å². The molecule has 0 radical (unpaired) electrons. The Labute approximate surface area is 173 Å². The zero-order valence-corrected chi connectivity index (χ0v) is 16.9. The van der Waals surface area contributed by atoms with Crippen LogP contribution in [0.4, 0.5) is 0 Å². The van der Waals surface area contributed by atoms with Crippen molar-refractivity contribution in [3.05, 3.63) is 70.7 Å². The lowest BCUT2D eigenvalue weighted by Crippen LogP contribution is -3.10. The molecule has 0 unspecified atom stereocenters. The average molecular weight is 415 g/mol. The number of piperazine rings is 1. The first-order chi connectivity index (χ1) is 14.2. The van der Waals surface area contributed by atoms with Gasteiger partial charge in [0.2, 0.25) is 0 Å². The number of hydrogen-bond donors (Lipinski definition) is 1. The third kappa shape index (κ3) is 4.96. The first kappa shape index (κ1) is 19.5. The molecule has 7 nitrogen and oxygen atoms in total. The summed E-state index contributed by atoms with van der Waals surface area (Å²) < 4.78 is 10.9. The molecule has 0 spiro atoms. The molecular formula is C21H24N3O4S+. The lowest BCUT2D eigenvalue weighted by molar-refractivity contribution is -0.921. The van der Waals surface area contributed by atoms with Crippen LogP contribution in [0.5, 0.6) is 0 Å². The first-order valence-electron chi connectivity index (χ1n) is 9.68. The maximum Gasteiger partial charge on any atom is 0.277 e. The van der Waals surface area contributed by atoms with Gasteiger partial charge in [-0.1, -0.05) is 6.07 Å². The van der Waals surface area contributed by atoms with Crippen LogP contribution in [-0.2, 0) is 17.9 Å². The lowest BCUT2D eigenvalue weighted by atomic mass is 10.2. The fraction of sp³-hybridized carbons (Fsp3) is 0.333. The fourth-order valence-electron chi connectivity index (χ4n) is 3.55. The van der Waals surface area contributed by atoms with Crippen LogP contribution < -0.4 is 4.90 Å². The number of nitrogens with zero attached hydrogens (tertiary/aromatic N) is 2. The average Bonchev–Trinajstić information content (AvgIpc) is 3.51. The molecule has 8 heteroatoms. The van der Waals surface area contributed by atoms with Crippen molar-refractivity contribution in [2.24, 2.45) is 0 Å². The number of carbonyl (C=O) groups is 2. The monoisotopic (exact) mass is 414 g/mol. The van der Waals surface area contributed by atoms with Crippen molar-refractivity contribution in [2.45, 2.75) is 13.1 Å². The molecule has 3 aromatic heterocycles. The van der Waals surface area contributed by atoms with E-state index >= 15 is 0 Å². The summed E-state index contributed by atoms with van der Waals surface area (Å²) in [5.74, 6) is 1.81. The summed E-state index contributed by atoms with van der Waals surface area (Å²) in [7, 11) is 0. The zero-order valence-electron chi connectivity index (χ0n) is 16.1. The Kier molecular flexibility index (Phi) is 6.12. The summed E-state index contributed by atoms with van der Waals surface area (Å²) in [5.41, 5.74) is 0. The van der Waals surface area contributed by atoms with Gasteiger partial charge < -0.3 is 23.5 Å². The topological polar surface area (TPSA) is 71.3 Å². The molecule has 0 bridgehead atoms. The van der Waals surface area contributed by atoms with Crippen molar-refractivity contribution in [1.29, 1.82) is 0 Å². The van der Waals surface area contributed by atoms with Crippen LogP contribution in [-0.4, -0.2) is 54.3 Å². The second-order valence-electron chi connectivity index (χ2n) is 7.09. The molecule has 1 saturated heterocycles. The van der Waals surface area contributed by atoms with Crippen molar-refractivity contribution in [1.82, 2.24) is 9.80 Å². The molecule has 1 N–H and O–H groups in total. The van der Waals surface area contributed by atoms with E-state index in [2.05, 4.69) is 0 Å². The van der Waals surface area contributed by atoms with Crippen LogP contribution in [0.15, 0.2) is 63.1 Å². The first-order valence-corrected chi connectivity index (χ1v) is 10.6. The molecule has 4 rings (SSSR count). The summed E-state index contributed by atoms with van der Waals surface area (Å²) in [4.78, 5) is 30.9. The van der Waals surface area contributed by atoms with Gasteiger partial charge in [0.1, 0.15) is 13.1 Å². The Morgan fingerprint density at radius 3 is 2.03 bits per heavy atom. The molecule has 1 aliphatic rings. The fourth-order valence-corrected chi connectivity index (χ4v) is 4.24. The molecular weight excluding hydrogens is 390 g/mol. The predicted molar refractivity (Wildman–Crippen MR) is 107 cm³/mol. The lowest BCUT2D eigenvalue weighted by Gasteiger charge is -2.35. The minimum absolute atomic E-state index is 0.0509. The Morgan fingerprint density at radius 1 is 0.897 bits per heavy atom. The van der Waals surface area contributed by atoms with Crippen LogP contribution in [0.25, 0.3) is 0 Å². The van der Waals surface area contributed by atoms with Gasteiger partial charge in [-0.3, -0.25) is 9.59 Å². The standard InChI is InChI=1S/C21H23N3O4S/c25-20(23-7-9-24(10-8-23)21(26)19-6-3-13-29-19)16-22(14-17-4-1-11-27-17)15-18-5-2-12-28-18/h1-6,11-13H,7-10,14-16H2/p+1. The normalized spacial score (nSPS) is 14.5. The van der Waals surface area contributed by atoms with Gasteiger partial charge in [-0.15, -0.1) is 11.3 Å². The summed E-state index contributed by atoms with van der Waals surface area (Å²) >= 11 is 1.45. The minimum Gasteiger partial charge on any atom is -0.463 e. The Morgan fingerprint density at radius 2 is 1.52 bits per heavy atom. The van der Waals surface area contributed by atoms with E-state index in [1.807, 2.05) is 51.6 Å². The van der Waals surface area contributed by atoms with Gasteiger partial charge in [0.15, 0.2) is 18.1 Å². The quantitative estimate of drug-likeness (QED) is 0.636. The molecule has 1 fully saturated rings. The summed E-state index contributed by atoms with van der Waals surface area (Å²) in [6, 6.07) is 11.3. The zero-order chi connectivity index (χ0) is 20.1. The van der Waals surface area contributed by atoms with E-state index in [1.54, 1.807) is 12.5 Å². The van der Waals surface area contributed by atoms with Gasteiger partial charge >= 0.3 is 0 Å². The Hall–Kier alpha value is -2.84. The summed E-state index contributed by atoms with van der Waals surface area (Å²) in [6.45, 7) is 3.81. The van der Waals surface area contributed by atoms with Crippen LogP contribution in [0.2, 0.25) is 0 Å². The van der Waals surface area contributed by atoms with Crippen LogP contribution in [0.3, 0.4) is 0 Å². The van der Waals surface area contributed by atoms with Gasteiger partial charge in [-0.25, -0.2) is 0 Å². The van der Waals surface area contributed by atoms with Crippen LogP contribution in [0, 0.1) is 0 Å². The predicted octanol–water partition coefficient (Wildman–Crippen LogP) is 1.50. The molecule has 0 saturated carbocycles. The molecule has 3 aromatic rings. The molecule has 0 atom stereocenters. The number of nitrogens with one attached hydrogen (secondary N) is 1. The number of furan rings is 2. The van der Waals surface area contributed by atoms with E-state index in [-0.39, 0.29) is 11.8 Å². The number of rotatable bonds is 7. The maximum absolute atomic E-state index is 12.9. The molecule has 2 amide bonds. The molecule has 4 heterocycles. The SMILES string of the molecule is O=C(C[NH+](Cc1ccco1)Cc1ccco1)N1CCN(C(=O)c2cccs2)CC1. The third-order valence-electron chi connectivity index (χ3n) is 5.06. The molecule has 29 heavy (non-hydrogen) atoms. The van der Waals surface area contributed by atoms with Crippen LogP contribution >= 0.6 is 11.3 Å². The second-order valence-corrected chi connectivity index (χ2v) is 8.04.